The standard InChI is InChI=1S/C27H25F3N2O4/c28-27(29,30)20-16-18(7-8-22(20)35-19-9-15-34-17-19)25(33)31-13-10-26(11-14-31)24-6-3-12-32(24)21-4-1-2-5-23(21)36-26/h1-8,12,16,19H,9-11,13-15,17H2/t19-/m0/s1. The summed E-state index contributed by atoms with van der Waals surface area (Å²) < 4.78 is 60.8. The Hall–Kier alpha value is -3.46. The lowest BCUT2D eigenvalue weighted by molar-refractivity contribution is -0.139. The first-order valence-electron chi connectivity index (χ1n) is 12.1. The third-order valence-corrected chi connectivity index (χ3v) is 7.22. The molecule has 36 heavy (non-hydrogen) atoms. The van der Waals surface area contributed by atoms with Gasteiger partial charge in [0.25, 0.3) is 5.91 Å². The molecule has 0 bridgehead atoms. The number of carbonyl (C=O) groups is 1. The molecule has 3 aliphatic heterocycles. The molecule has 1 amide bonds. The summed E-state index contributed by atoms with van der Waals surface area (Å²) in [5, 5.41) is 0. The van der Waals surface area contributed by atoms with Gasteiger partial charge >= 0.3 is 6.18 Å². The van der Waals surface area contributed by atoms with E-state index in [9.17, 15) is 18.0 Å². The fourth-order valence-electron chi connectivity index (χ4n) is 5.35. The SMILES string of the molecule is O=C(c1ccc(O[C@H]2CCOC2)c(C(F)(F)F)c1)N1CCC2(CC1)Oc1ccccc1-n1cccc12. The van der Waals surface area contributed by atoms with Crippen molar-refractivity contribution in [1.82, 2.24) is 9.47 Å². The first kappa shape index (κ1) is 23.0. The maximum absolute atomic E-state index is 13.8. The molecule has 9 heteroatoms. The Balaban J connectivity index is 1.22. The van der Waals surface area contributed by atoms with Crippen LogP contribution in [0.15, 0.2) is 60.8 Å². The van der Waals surface area contributed by atoms with Crippen LogP contribution in [0, 0.1) is 0 Å². The molecule has 1 atom stereocenters. The van der Waals surface area contributed by atoms with Gasteiger partial charge in [0.05, 0.1) is 30.2 Å². The number of para-hydroxylation sites is 2. The monoisotopic (exact) mass is 498 g/mol. The van der Waals surface area contributed by atoms with Gasteiger partial charge in [-0.1, -0.05) is 12.1 Å². The molecule has 3 aliphatic rings. The van der Waals surface area contributed by atoms with Gasteiger partial charge < -0.3 is 23.7 Å². The Morgan fingerprint density at radius 1 is 1.06 bits per heavy atom. The minimum Gasteiger partial charge on any atom is -0.487 e. The number of hydrogen-bond donors (Lipinski definition) is 0. The lowest BCUT2D eigenvalue weighted by Crippen LogP contribution is -2.50. The molecule has 0 saturated carbocycles. The highest BCUT2D eigenvalue weighted by molar-refractivity contribution is 5.94. The zero-order valence-electron chi connectivity index (χ0n) is 19.5. The fourth-order valence-corrected chi connectivity index (χ4v) is 5.35. The lowest BCUT2D eigenvalue weighted by atomic mass is 9.86. The quantitative estimate of drug-likeness (QED) is 0.499. The number of likely N-dealkylation sites (tertiary alicyclic amines) is 1. The molecule has 6 nitrogen and oxygen atoms in total. The summed E-state index contributed by atoms with van der Waals surface area (Å²) in [6, 6.07) is 15.4. The highest BCUT2D eigenvalue weighted by atomic mass is 19.4. The molecule has 0 unspecified atom stereocenters. The second-order valence-electron chi connectivity index (χ2n) is 9.43. The van der Waals surface area contributed by atoms with Crippen LogP contribution in [0.2, 0.25) is 0 Å². The molecule has 2 aromatic carbocycles. The number of hydrogen-bond acceptors (Lipinski definition) is 4. The van der Waals surface area contributed by atoms with Crippen molar-refractivity contribution in [3.8, 4) is 17.2 Å². The van der Waals surface area contributed by atoms with Gasteiger partial charge in [-0.15, -0.1) is 0 Å². The number of aromatic nitrogens is 1. The second-order valence-corrected chi connectivity index (χ2v) is 9.43. The summed E-state index contributed by atoms with van der Waals surface area (Å²) in [6.07, 6.45) is -1.48. The topological polar surface area (TPSA) is 52.9 Å². The third kappa shape index (κ3) is 3.91. The minimum absolute atomic E-state index is 0.00780. The Morgan fingerprint density at radius 2 is 1.86 bits per heavy atom. The van der Waals surface area contributed by atoms with Crippen LogP contribution < -0.4 is 9.47 Å². The van der Waals surface area contributed by atoms with E-state index in [4.69, 9.17) is 14.2 Å². The number of carbonyl (C=O) groups excluding carboxylic acids is 1. The van der Waals surface area contributed by atoms with E-state index in [0.29, 0.717) is 39.0 Å². The second kappa shape index (κ2) is 8.58. The smallest absolute Gasteiger partial charge is 0.419 e. The van der Waals surface area contributed by atoms with Crippen molar-refractivity contribution in [2.45, 2.75) is 37.1 Å². The summed E-state index contributed by atoms with van der Waals surface area (Å²) in [6.45, 7) is 1.44. The van der Waals surface area contributed by atoms with Gasteiger partial charge in [0.1, 0.15) is 17.6 Å². The van der Waals surface area contributed by atoms with E-state index in [2.05, 4.69) is 4.57 Å². The molecule has 0 aliphatic carbocycles. The molecule has 1 spiro atoms. The Labute approximate surface area is 206 Å². The summed E-state index contributed by atoms with van der Waals surface area (Å²) in [5.41, 5.74) is 0.440. The number of alkyl halides is 3. The number of fused-ring (bicyclic) bond motifs is 4. The summed E-state index contributed by atoms with van der Waals surface area (Å²) in [4.78, 5) is 14.9. The van der Waals surface area contributed by atoms with Gasteiger partial charge in [-0.25, -0.2) is 0 Å². The average Bonchev–Trinajstić information content (AvgIpc) is 3.57. The molecule has 188 valence electrons. The van der Waals surface area contributed by atoms with E-state index in [0.717, 1.165) is 23.2 Å². The van der Waals surface area contributed by atoms with Crippen molar-refractivity contribution >= 4 is 5.91 Å². The van der Waals surface area contributed by atoms with E-state index in [1.54, 1.807) is 4.90 Å². The molecule has 4 heterocycles. The maximum atomic E-state index is 13.8. The van der Waals surface area contributed by atoms with Crippen molar-refractivity contribution in [3.05, 3.63) is 77.6 Å². The van der Waals surface area contributed by atoms with E-state index in [1.165, 1.54) is 12.1 Å². The molecule has 1 aromatic heterocycles. The molecular weight excluding hydrogens is 473 g/mol. The van der Waals surface area contributed by atoms with Crippen LogP contribution in [0.3, 0.4) is 0 Å². The highest BCUT2D eigenvalue weighted by Gasteiger charge is 2.45. The van der Waals surface area contributed by atoms with Crippen LogP contribution in [-0.4, -0.2) is 47.8 Å². The van der Waals surface area contributed by atoms with Crippen LogP contribution >= 0.6 is 0 Å². The Morgan fingerprint density at radius 3 is 2.61 bits per heavy atom. The van der Waals surface area contributed by atoms with E-state index >= 15 is 0 Å². The van der Waals surface area contributed by atoms with Crippen molar-refractivity contribution in [2.24, 2.45) is 0 Å². The van der Waals surface area contributed by atoms with Crippen molar-refractivity contribution in [1.29, 1.82) is 0 Å². The summed E-state index contributed by atoms with van der Waals surface area (Å²) >= 11 is 0. The molecule has 2 saturated heterocycles. The third-order valence-electron chi connectivity index (χ3n) is 7.22. The molecule has 0 radical (unpaired) electrons. The number of halogens is 3. The predicted molar refractivity (Wildman–Crippen MR) is 125 cm³/mol. The van der Waals surface area contributed by atoms with Crippen LogP contribution in [0.5, 0.6) is 11.5 Å². The van der Waals surface area contributed by atoms with Gasteiger partial charge in [-0.3, -0.25) is 4.79 Å². The number of ether oxygens (including phenoxy) is 3. The summed E-state index contributed by atoms with van der Waals surface area (Å²) in [7, 11) is 0. The molecule has 0 N–H and O–H groups in total. The lowest BCUT2D eigenvalue weighted by Gasteiger charge is -2.45. The first-order chi connectivity index (χ1) is 17.3. The van der Waals surface area contributed by atoms with Crippen molar-refractivity contribution in [2.75, 3.05) is 26.3 Å². The zero-order valence-corrected chi connectivity index (χ0v) is 19.5. The number of amides is 1. The zero-order chi connectivity index (χ0) is 24.9. The van der Waals surface area contributed by atoms with Crippen molar-refractivity contribution in [3.63, 3.8) is 0 Å². The Kier molecular flexibility index (Phi) is 5.48. The minimum atomic E-state index is -4.65. The predicted octanol–water partition coefficient (Wildman–Crippen LogP) is 5.19. The van der Waals surface area contributed by atoms with Gasteiger partial charge in [-0.2, -0.15) is 13.2 Å². The first-order valence-corrected chi connectivity index (χ1v) is 12.1. The largest absolute Gasteiger partial charge is 0.487 e. The number of nitrogens with zero attached hydrogens (tertiary/aromatic N) is 2. The van der Waals surface area contributed by atoms with Crippen LogP contribution in [0.4, 0.5) is 13.2 Å². The normalized spacial score (nSPS) is 20.5. The number of piperidine rings is 1. The van der Waals surface area contributed by atoms with Gasteiger partial charge in [0.15, 0.2) is 5.60 Å². The van der Waals surface area contributed by atoms with Gasteiger partial charge in [0, 0.05) is 44.1 Å². The van der Waals surface area contributed by atoms with E-state index in [1.807, 2.05) is 42.6 Å². The molecule has 3 aromatic rings. The number of rotatable bonds is 3. The van der Waals surface area contributed by atoms with Crippen LogP contribution in [-0.2, 0) is 16.5 Å². The molecule has 2 fully saturated rings. The van der Waals surface area contributed by atoms with E-state index in [-0.39, 0.29) is 17.9 Å². The van der Waals surface area contributed by atoms with Gasteiger partial charge in [0.2, 0.25) is 0 Å². The van der Waals surface area contributed by atoms with Crippen LogP contribution in [0.25, 0.3) is 5.69 Å². The molecule has 6 rings (SSSR count). The number of benzene rings is 2. The summed E-state index contributed by atoms with van der Waals surface area (Å²) in [5.74, 6) is 0.0684. The Bertz CT molecular complexity index is 1290. The van der Waals surface area contributed by atoms with Crippen molar-refractivity contribution < 1.29 is 32.2 Å². The fraction of sp³-hybridized carbons (Fsp3) is 0.370. The maximum Gasteiger partial charge on any atom is 0.419 e. The highest BCUT2D eigenvalue weighted by Crippen LogP contribution is 2.45. The molecular formula is C27H25F3N2O4. The van der Waals surface area contributed by atoms with Gasteiger partial charge in [-0.05, 0) is 42.5 Å². The average molecular weight is 499 g/mol. The van der Waals surface area contributed by atoms with Crippen LogP contribution in [0.1, 0.15) is 40.9 Å². The van der Waals surface area contributed by atoms with E-state index < -0.39 is 29.4 Å².